The molecule has 170 valence electrons. The number of amides is 1. The molecule has 2 aromatic heterocycles. The number of benzene rings is 2. The highest BCUT2D eigenvalue weighted by atomic mass is 32.2. The number of nitrogens with zero attached hydrogens (tertiary/aromatic N) is 4. The molecule has 2 aromatic carbocycles. The third kappa shape index (κ3) is 5.61. The summed E-state index contributed by atoms with van der Waals surface area (Å²) in [6, 6.07) is 16.0. The zero-order valence-corrected chi connectivity index (χ0v) is 20.5. The van der Waals surface area contributed by atoms with Crippen molar-refractivity contribution < 1.29 is 4.79 Å². The van der Waals surface area contributed by atoms with Crippen LogP contribution in [0.15, 0.2) is 59.1 Å². The van der Waals surface area contributed by atoms with Crippen LogP contribution in [0.3, 0.4) is 0 Å². The molecular formula is C24H26N6OS2. The molecule has 0 aliphatic carbocycles. The molecule has 0 fully saturated rings. The Morgan fingerprint density at radius 2 is 1.91 bits per heavy atom. The highest BCUT2D eigenvalue weighted by molar-refractivity contribution is 7.99. The van der Waals surface area contributed by atoms with Crippen molar-refractivity contribution in [1.82, 2.24) is 19.7 Å². The predicted octanol–water partition coefficient (Wildman–Crippen LogP) is 5.38. The van der Waals surface area contributed by atoms with Crippen molar-refractivity contribution in [1.29, 1.82) is 0 Å². The van der Waals surface area contributed by atoms with Crippen LogP contribution in [-0.2, 0) is 17.9 Å². The number of nitrogens with one attached hydrogen (secondary N) is 2. The molecule has 0 atom stereocenters. The summed E-state index contributed by atoms with van der Waals surface area (Å²) < 4.78 is 2.02. The second-order valence-corrected chi connectivity index (χ2v) is 9.29. The maximum Gasteiger partial charge on any atom is 0.234 e. The van der Waals surface area contributed by atoms with Gasteiger partial charge in [-0.3, -0.25) is 4.79 Å². The van der Waals surface area contributed by atoms with E-state index in [0.29, 0.717) is 6.54 Å². The number of thioether (sulfide) groups is 1. The zero-order valence-electron chi connectivity index (χ0n) is 18.8. The minimum Gasteiger partial charge on any atom is -0.354 e. The highest BCUT2D eigenvalue weighted by Crippen LogP contribution is 2.25. The summed E-state index contributed by atoms with van der Waals surface area (Å²) in [5, 5.41) is 18.6. The Morgan fingerprint density at radius 3 is 2.70 bits per heavy atom. The van der Waals surface area contributed by atoms with Crippen LogP contribution in [0.1, 0.15) is 23.9 Å². The van der Waals surface area contributed by atoms with Crippen LogP contribution >= 0.6 is 23.1 Å². The molecule has 4 rings (SSSR count). The third-order valence-electron chi connectivity index (χ3n) is 5.29. The monoisotopic (exact) mass is 478 g/mol. The first kappa shape index (κ1) is 23.0. The van der Waals surface area contributed by atoms with Crippen LogP contribution in [0.4, 0.5) is 10.8 Å². The first-order valence-corrected chi connectivity index (χ1v) is 12.6. The number of carbonyl (C=O) groups is 1. The van der Waals surface area contributed by atoms with Crippen LogP contribution < -0.4 is 10.6 Å². The van der Waals surface area contributed by atoms with Crippen molar-refractivity contribution in [3.63, 3.8) is 0 Å². The van der Waals surface area contributed by atoms with E-state index < -0.39 is 0 Å². The Hall–Kier alpha value is -3.17. The van der Waals surface area contributed by atoms with Gasteiger partial charge >= 0.3 is 0 Å². The Morgan fingerprint density at radius 1 is 1.09 bits per heavy atom. The molecule has 0 spiro atoms. The van der Waals surface area contributed by atoms with Crippen LogP contribution in [0.5, 0.6) is 0 Å². The minimum atomic E-state index is -0.0599. The number of aromatic nitrogens is 4. The molecule has 0 saturated carbocycles. The first-order valence-electron chi connectivity index (χ1n) is 10.7. The van der Waals surface area contributed by atoms with E-state index in [-0.39, 0.29) is 11.7 Å². The van der Waals surface area contributed by atoms with Crippen molar-refractivity contribution >= 4 is 39.8 Å². The van der Waals surface area contributed by atoms with Gasteiger partial charge < -0.3 is 15.2 Å². The van der Waals surface area contributed by atoms with Gasteiger partial charge in [-0.05, 0) is 38.0 Å². The molecule has 0 unspecified atom stereocenters. The lowest BCUT2D eigenvalue weighted by atomic mass is 10.1. The van der Waals surface area contributed by atoms with Crippen LogP contribution in [0, 0.1) is 13.8 Å². The number of aryl methyl sites for hydroxylation is 1. The Bertz CT molecular complexity index is 1230. The molecule has 4 aromatic rings. The molecule has 2 heterocycles. The number of hydrogen-bond donors (Lipinski definition) is 2. The summed E-state index contributed by atoms with van der Waals surface area (Å²) in [5.41, 5.74) is 5.13. The average molecular weight is 479 g/mol. The lowest BCUT2D eigenvalue weighted by Gasteiger charge is -2.10. The fourth-order valence-electron chi connectivity index (χ4n) is 3.33. The van der Waals surface area contributed by atoms with Crippen LogP contribution in [0.25, 0.3) is 11.3 Å². The summed E-state index contributed by atoms with van der Waals surface area (Å²) in [7, 11) is 0. The van der Waals surface area contributed by atoms with Gasteiger partial charge in [0.2, 0.25) is 5.91 Å². The number of rotatable bonds is 9. The maximum atomic E-state index is 12.5. The summed E-state index contributed by atoms with van der Waals surface area (Å²) >= 11 is 2.95. The fraction of sp³-hybridized carbons (Fsp3) is 0.250. The predicted molar refractivity (Wildman–Crippen MR) is 136 cm³/mol. The lowest BCUT2D eigenvalue weighted by Crippen LogP contribution is -2.16. The van der Waals surface area contributed by atoms with Crippen molar-refractivity contribution in [2.45, 2.75) is 39.0 Å². The lowest BCUT2D eigenvalue weighted by molar-refractivity contribution is -0.113. The van der Waals surface area contributed by atoms with Crippen molar-refractivity contribution in [2.75, 3.05) is 16.4 Å². The first-order chi connectivity index (χ1) is 16.0. The summed E-state index contributed by atoms with van der Waals surface area (Å²) in [5.74, 6) is 1.02. The molecule has 0 bridgehead atoms. The van der Waals surface area contributed by atoms with Gasteiger partial charge in [0.25, 0.3) is 0 Å². The molecule has 0 radical (unpaired) electrons. The van der Waals surface area contributed by atoms with E-state index in [9.17, 15) is 4.79 Å². The average Bonchev–Trinajstić information content (AvgIpc) is 3.46. The molecule has 2 N–H and O–H groups in total. The largest absolute Gasteiger partial charge is 0.354 e. The summed E-state index contributed by atoms with van der Waals surface area (Å²) in [4.78, 5) is 17.1. The van der Waals surface area contributed by atoms with Gasteiger partial charge in [0.15, 0.2) is 16.1 Å². The van der Waals surface area contributed by atoms with E-state index in [2.05, 4.69) is 25.8 Å². The summed E-state index contributed by atoms with van der Waals surface area (Å²) in [6.07, 6.45) is 0. The highest BCUT2D eigenvalue weighted by Gasteiger charge is 2.14. The van der Waals surface area contributed by atoms with E-state index in [0.717, 1.165) is 50.7 Å². The number of carbonyl (C=O) groups excluding carboxylic acids is 1. The number of hydrogen-bond acceptors (Lipinski definition) is 7. The van der Waals surface area contributed by atoms with Gasteiger partial charge in [0, 0.05) is 23.2 Å². The number of thiazole rings is 1. The van der Waals surface area contributed by atoms with Crippen LogP contribution in [0.2, 0.25) is 0 Å². The zero-order chi connectivity index (χ0) is 23.2. The molecule has 9 heteroatoms. The Labute approximate surface area is 201 Å². The quantitative estimate of drug-likeness (QED) is 0.314. The van der Waals surface area contributed by atoms with Crippen molar-refractivity contribution in [2.24, 2.45) is 0 Å². The smallest absolute Gasteiger partial charge is 0.234 e. The Balaban J connectivity index is 1.35. The molecule has 0 aliphatic rings. The second-order valence-electron chi connectivity index (χ2n) is 7.48. The molecule has 0 aliphatic heterocycles. The van der Waals surface area contributed by atoms with E-state index in [1.807, 2.05) is 79.2 Å². The SMILES string of the molecule is CCn1c(CNc2nc(-c3ccccc3)cs2)nnc1SCC(=O)Nc1cccc(C)c1C. The maximum absolute atomic E-state index is 12.5. The van der Waals surface area contributed by atoms with E-state index in [1.165, 1.54) is 11.8 Å². The van der Waals surface area contributed by atoms with Gasteiger partial charge in [-0.15, -0.1) is 21.5 Å². The normalized spacial score (nSPS) is 10.9. The van der Waals surface area contributed by atoms with Crippen molar-refractivity contribution in [3.05, 3.63) is 70.9 Å². The van der Waals surface area contributed by atoms with E-state index in [4.69, 9.17) is 0 Å². The van der Waals surface area contributed by atoms with Gasteiger partial charge in [-0.2, -0.15) is 0 Å². The second kappa shape index (κ2) is 10.6. The summed E-state index contributed by atoms with van der Waals surface area (Å²) in [6.45, 7) is 7.32. The Kier molecular flexibility index (Phi) is 7.41. The van der Waals surface area contributed by atoms with Gasteiger partial charge in [-0.25, -0.2) is 4.98 Å². The standard InChI is InChI=1S/C24H26N6OS2/c1-4-30-21(13-25-23-27-20(14-32-23)18-10-6-5-7-11-18)28-29-24(30)33-15-22(31)26-19-12-8-9-16(2)17(19)3/h5-12,14H,4,13,15H2,1-3H3,(H,25,27)(H,26,31). The minimum absolute atomic E-state index is 0.0599. The van der Waals surface area contributed by atoms with E-state index >= 15 is 0 Å². The molecular weight excluding hydrogens is 452 g/mol. The number of anilines is 2. The molecule has 33 heavy (non-hydrogen) atoms. The third-order valence-corrected chi connectivity index (χ3v) is 7.06. The molecule has 7 nitrogen and oxygen atoms in total. The van der Waals surface area contributed by atoms with E-state index in [1.54, 1.807) is 11.3 Å². The van der Waals surface area contributed by atoms with Crippen molar-refractivity contribution in [3.8, 4) is 11.3 Å². The van der Waals surface area contributed by atoms with Gasteiger partial charge in [0.1, 0.15) is 0 Å². The molecule has 1 amide bonds. The van der Waals surface area contributed by atoms with Crippen LogP contribution in [-0.4, -0.2) is 31.4 Å². The van der Waals surface area contributed by atoms with Gasteiger partial charge in [0.05, 0.1) is 18.0 Å². The topological polar surface area (TPSA) is 84.7 Å². The molecule has 0 saturated heterocycles. The fourth-order valence-corrected chi connectivity index (χ4v) is 4.87. The van der Waals surface area contributed by atoms with Gasteiger partial charge in [-0.1, -0.05) is 54.2 Å².